The Hall–Kier alpha value is -2.45. The maximum absolute atomic E-state index is 13.0. The number of aliphatic hydroxyl groups is 1. The third kappa shape index (κ3) is 5.35. The number of ether oxygens (including phenoxy) is 2. The van der Waals surface area contributed by atoms with Crippen LogP contribution in [0, 0.1) is 5.82 Å². The van der Waals surface area contributed by atoms with Gasteiger partial charge in [-0.15, -0.1) is 0 Å². The van der Waals surface area contributed by atoms with Gasteiger partial charge in [0.1, 0.15) is 17.8 Å². The van der Waals surface area contributed by atoms with Gasteiger partial charge < -0.3 is 24.3 Å². The van der Waals surface area contributed by atoms with Gasteiger partial charge in [0.25, 0.3) is 5.91 Å². The van der Waals surface area contributed by atoms with Crippen molar-refractivity contribution in [1.29, 1.82) is 0 Å². The molecule has 124 valence electrons. The molecule has 2 rings (SSSR count). The average molecular weight is 324 g/mol. The highest BCUT2D eigenvalue weighted by molar-refractivity contribution is 5.91. The standard InChI is InChI=1S/C15H17FN2O5/c1-21-7-11(19)6-17-15(20)13-8-23-14(18-13)9-22-12-4-2-3-10(16)5-12/h2-5,8,11,19H,6-7,9H2,1H3,(H,17,20)/t11-/m1/s1. The second kappa shape index (κ2) is 8.25. The fourth-order valence-electron chi connectivity index (χ4n) is 1.74. The first-order valence-electron chi connectivity index (χ1n) is 6.86. The summed E-state index contributed by atoms with van der Waals surface area (Å²) < 4.78 is 28.2. The first-order chi connectivity index (χ1) is 11.1. The van der Waals surface area contributed by atoms with Crippen LogP contribution in [0.4, 0.5) is 4.39 Å². The molecule has 2 aromatic rings. The summed E-state index contributed by atoms with van der Waals surface area (Å²) in [6.07, 6.45) is 0.383. The molecule has 0 unspecified atom stereocenters. The van der Waals surface area contributed by atoms with E-state index in [9.17, 15) is 14.3 Å². The third-order valence-corrected chi connectivity index (χ3v) is 2.80. The Morgan fingerprint density at radius 2 is 2.35 bits per heavy atom. The van der Waals surface area contributed by atoms with E-state index in [-0.39, 0.29) is 31.3 Å². The third-order valence-electron chi connectivity index (χ3n) is 2.80. The lowest BCUT2D eigenvalue weighted by molar-refractivity contribution is 0.0608. The highest BCUT2D eigenvalue weighted by atomic mass is 19.1. The number of carbonyl (C=O) groups excluding carboxylic acids is 1. The van der Waals surface area contributed by atoms with E-state index >= 15 is 0 Å². The van der Waals surface area contributed by atoms with E-state index in [0.717, 1.165) is 0 Å². The number of hydrogen-bond acceptors (Lipinski definition) is 6. The second-order valence-corrected chi connectivity index (χ2v) is 4.69. The number of carbonyl (C=O) groups is 1. The zero-order chi connectivity index (χ0) is 16.7. The molecule has 1 heterocycles. The van der Waals surface area contributed by atoms with Crippen molar-refractivity contribution in [3.05, 3.63) is 47.9 Å². The zero-order valence-corrected chi connectivity index (χ0v) is 12.5. The normalized spacial score (nSPS) is 12.0. The molecule has 8 heteroatoms. The molecule has 0 saturated heterocycles. The van der Waals surface area contributed by atoms with E-state index in [4.69, 9.17) is 13.9 Å². The van der Waals surface area contributed by atoms with Crippen molar-refractivity contribution in [2.24, 2.45) is 0 Å². The van der Waals surface area contributed by atoms with Crippen LogP contribution in [0.3, 0.4) is 0 Å². The molecule has 0 saturated carbocycles. The average Bonchev–Trinajstić information content (AvgIpc) is 3.00. The number of aliphatic hydroxyl groups excluding tert-OH is 1. The SMILES string of the molecule is COC[C@H](O)CNC(=O)c1coc(COc2cccc(F)c2)n1. The van der Waals surface area contributed by atoms with E-state index in [0.29, 0.717) is 5.75 Å². The van der Waals surface area contributed by atoms with Crippen molar-refractivity contribution in [3.63, 3.8) is 0 Å². The molecule has 1 aromatic heterocycles. The number of nitrogens with one attached hydrogen (secondary N) is 1. The minimum Gasteiger partial charge on any atom is -0.484 e. The van der Waals surface area contributed by atoms with Crippen LogP contribution in [-0.4, -0.2) is 42.4 Å². The van der Waals surface area contributed by atoms with Crippen LogP contribution < -0.4 is 10.1 Å². The maximum atomic E-state index is 13.0. The van der Waals surface area contributed by atoms with Crippen molar-refractivity contribution < 1.29 is 28.2 Å². The molecule has 2 N–H and O–H groups in total. The van der Waals surface area contributed by atoms with E-state index in [2.05, 4.69) is 10.3 Å². The van der Waals surface area contributed by atoms with Gasteiger partial charge in [-0.1, -0.05) is 6.07 Å². The first-order valence-corrected chi connectivity index (χ1v) is 6.86. The molecule has 0 bridgehead atoms. The van der Waals surface area contributed by atoms with Gasteiger partial charge in [0.2, 0.25) is 5.89 Å². The Bertz CT molecular complexity index is 646. The van der Waals surface area contributed by atoms with Crippen LogP contribution in [0.2, 0.25) is 0 Å². The van der Waals surface area contributed by atoms with Gasteiger partial charge in [-0.05, 0) is 12.1 Å². The van der Waals surface area contributed by atoms with Gasteiger partial charge in [0.15, 0.2) is 12.3 Å². The maximum Gasteiger partial charge on any atom is 0.273 e. The van der Waals surface area contributed by atoms with Gasteiger partial charge in [0.05, 0.1) is 12.7 Å². The number of halogens is 1. The van der Waals surface area contributed by atoms with Gasteiger partial charge in [-0.3, -0.25) is 4.79 Å². The van der Waals surface area contributed by atoms with Crippen LogP contribution in [0.25, 0.3) is 0 Å². The molecule has 0 aliphatic rings. The quantitative estimate of drug-likeness (QED) is 0.756. The number of hydrogen-bond donors (Lipinski definition) is 2. The Labute approximate surface area is 132 Å². The summed E-state index contributed by atoms with van der Waals surface area (Å²) in [7, 11) is 1.45. The highest BCUT2D eigenvalue weighted by Crippen LogP contribution is 2.14. The van der Waals surface area contributed by atoms with Crippen molar-refractivity contribution in [1.82, 2.24) is 10.3 Å². The molecule has 1 aromatic carbocycles. The van der Waals surface area contributed by atoms with Crippen LogP contribution in [-0.2, 0) is 11.3 Å². The van der Waals surface area contributed by atoms with E-state index in [1.165, 1.54) is 31.6 Å². The van der Waals surface area contributed by atoms with Gasteiger partial charge in [-0.2, -0.15) is 0 Å². The molecule has 0 aliphatic heterocycles. The number of nitrogens with zero attached hydrogens (tertiary/aromatic N) is 1. The fraction of sp³-hybridized carbons (Fsp3) is 0.333. The Kier molecular flexibility index (Phi) is 6.07. The Morgan fingerprint density at radius 1 is 1.52 bits per heavy atom. The number of aromatic nitrogens is 1. The number of rotatable bonds is 8. The minimum absolute atomic E-state index is 0.0364. The molecule has 1 atom stereocenters. The van der Waals surface area contributed by atoms with Gasteiger partial charge >= 0.3 is 0 Å². The minimum atomic E-state index is -0.799. The van der Waals surface area contributed by atoms with Crippen molar-refractivity contribution >= 4 is 5.91 Å². The summed E-state index contributed by atoms with van der Waals surface area (Å²) in [5.41, 5.74) is 0.0625. The predicted octanol–water partition coefficient (Wildman–Crippen LogP) is 1.13. The number of methoxy groups -OCH3 is 1. The lowest BCUT2D eigenvalue weighted by atomic mass is 10.3. The highest BCUT2D eigenvalue weighted by Gasteiger charge is 2.14. The summed E-state index contributed by atoms with van der Waals surface area (Å²) in [6.45, 7) is 0.115. The number of benzene rings is 1. The largest absolute Gasteiger partial charge is 0.484 e. The van der Waals surface area contributed by atoms with E-state index < -0.39 is 17.8 Å². The number of amides is 1. The molecule has 23 heavy (non-hydrogen) atoms. The fourth-order valence-corrected chi connectivity index (χ4v) is 1.74. The van der Waals surface area contributed by atoms with Crippen LogP contribution in [0.15, 0.2) is 34.9 Å². The predicted molar refractivity (Wildman–Crippen MR) is 77.5 cm³/mol. The molecule has 0 spiro atoms. The molecule has 0 aliphatic carbocycles. The summed E-state index contributed by atoms with van der Waals surface area (Å²) in [6, 6.07) is 5.65. The molecule has 1 amide bonds. The molecule has 0 fully saturated rings. The Morgan fingerprint density at radius 3 is 3.09 bits per heavy atom. The molecule has 0 radical (unpaired) electrons. The zero-order valence-electron chi connectivity index (χ0n) is 12.5. The van der Waals surface area contributed by atoms with Gasteiger partial charge in [-0.25, -0.2) is 9.37 Å². The molecule has 7 nitrogen and oxygen atoms in total. The molecular weight excluding hydrogens is 307 g/mol. The first kappa shape index (κ1) is 16.9. The smallest absolute Gasteiger partial charge is 0.273 e. The summed E-state index contributed by atoms with van der Waals surface area (Å²) in [5.74, 6) is -0.390. The summed E-state index contributed by atoms with van der Waals surface area (Å²) in [4.78, 5) is 15.8. The second-order valence-electron chi connectivity index (χ2n) is 4.69. The topological polar surface area (TPSA) is 93.8 Å². The molecular formula is C15H17FN2O5. The van der Waals surface area contributed by atoms with E-state index in [1.54, 1.807) is 6.07 Å². The lowest BCUT2D eigenvalue weighted by Gasteiger charge is -2.09. The van der Waals surface area contributed by atoms with Crippen LogP contribution in [0.5, 0.6) is 5.75 Å². The monoisotopic (exact) mass is 324 g/mol. The van der Waals surface area contributed by atoms with Gasteiger partial charge in [0, 0.05) is 19.7 Å². The van der Waals surface area contributed by atoms with E-state index in [1.807, 2.05) is 0 Å². The van der Waals surface area contributed by atoms with Crippen LogP contribution in [0.1, 0.15) is 16.4 Å². The number of oxazole rings is 1. The summed E-state index contributed by atoms with van der Waals surface area (Å²) in [5, 5.41) is 11.9. The van der Waals surface area contributed by atoms with Crippen molar-refractivity contribution in [2.45, 2.75) is 12.7 Å². The summed E-state index contributed by atoms with van der Waals surface area (Å²) >= 11 is 0. The van der Waals surface area contributed by atoms with Crippen LogP contribution >= 0.6 is 0 Å². The Balaban J connectivity index is 1.84. The lowest BCUT2D eigenvalue weighted by Crippen LogP contribution is -2.34. The van der Waals surface area contributed by atoms with Crippen molar-refractivity contribution in [3.8, 4) is 5.75 Å². The van der Waals surface area contributed by atoms with Crippen molar-refractivity contribution in [2.75, 3.05) is 20.3 Å².